The van der Waals surface area contributed by atoms with Gasteiger partial charge >= 0.3 is 0 Å². The highest BCUT2D eigenvalue weighted by Gasteiger charge is 2.31. The second-order valence-electron chi connectivity index (χ2n) is 8.10. The number of fused-ring (bicyclic) bond motifs is 2. The number of imidazole rings is 1. The summed E-state index contributed by atoms with van der Waals surface area (Å²) < 4.78 is 9.40. The summed E-state index contributed by atoms with van der Waals surface area (Å²) in [6, 6.07) is 0. The van der Waals surface area contributed by atoms with Gasteiger partial charge in [0.1, 0.15) is 17.8 Å². The van der Waals surface area contributed by atoms with Crippen LogP contribution in [-0.2, 0) is 19.5 Å². The largest absolute Gasteiger partial charge is 0.443 e. The van der Waals surface area contributed by atoms with Crippen LogP contribution in [0.15, 0.2) is 23.1 Å². The van der Waals surface area contributed by atoms with E-state index in [2.05, 4.69) is 29.5 Å². The molecule has 6 rings (SSSR count). The third kappa shape index (κ3) is 2.86. The first-order valence-corrected chi connectivity index (χ1v) is 10.4. The van der Waals surface area contributed by atoms with E-state index >= 15 is 0 Å². The van der Waals surface area contributed by atoms with Gasteiger partial charge in [-0.15, -0.1) is 5.10 Å². The lowest BCUT2D eigenvalue weighted by Gasteiger charge is -2.28. The second kappa shape index (κ2) is 6.63. The fourth-order valence-corrected chi connectivity index (χ4v) is 4.24. The summed E-state index contributed by atoms with van der Waals surface area (Å²) in [6.45, 7) is 5.77. The lowest BCUT2D eigenvalue weighted by molar-refractivity contribution is 0.220. The first-order chi connectivity index (χ1) is 14.7. The van der Waals surface area contributed by atoms with Crippen molar-refractivity contribution in [1.29, 1.82) is 0 Å². The van der Waals surface area contributed by atoms with Crippen molar-refractivity contribution in [1.82, 2.24) is 39.0 Å². The molecular weight excluding hydrogens is 382 g/mol. The van der Waals surface area contributed by atoms with Crippen LogP contribution in [0.1, 0.15) is 41.7 Å². The summed E-state index contributed by atoms with van der Waals surface area (Å²) in [5, 5.41) is 4.58. The van der Waals surface area contributed by atoms with Crippen molar-refractivity contribution in [2.45, 2.75) is 45.2 Å². The SMILES string of the molecule is Cc1c(-c2ncco2)nc(N)n2nc(CCN3CCn4c(cnc4C4CC4)C3)nc12. The monoisotopic (exact) mass is 405 g/mol. The average Bonchev–Trinajstić information content (AvgIpc) is 3.17. The third-order valence-corrected chi connectivity index (χ3v) is 6.01. The fourth-order valence-electron chi connectivity index (χ4n) is 4.24. The molecule has 2 N–H and O–H groups in total. The Labute approximate surface area is 172 Å². The Morgan fingerprint density at radius 1 is 1.20 bits per heavy atom. The first kappa shape index (κ1) is 17.6. The van der Waals surface area contributed by atoms with Crippen molar-refractivity contribution in [2.24, 2.45) is 0 Å². The van der Waals surface area contributed by atoms with E-state index in [0.717, 1.165) is 44.0 Å². The molecule has 1 aliphatic heterocycles. The molecule has 1 aliphatic carbocycles. The number of anilines is 1. The number of hydrogen-bond acceptors (Lipinski definition) is 8. The number of nitrogens with two attached hydrogens (primary N) is 1. The van der Waals surface area contributed by atoms with Crippen LogP contribution < -0.4 is 5.73 Å². The second-order valence-corrected chi connectivity index (χ2v) is 8.10. The van der Waals surface area contributed by atoms with Crippen molar-refractivity contribution >= 4 is 11.6 Å². The van der Waals surface area contributed by atoms with Crippen molar-refractivity contribution in [3.8, 4) is 11.6 Å². The standard InChI is InChI=1S/C20H23N9O/c1-12-16(19-22-5-9-30-19)25-20(21)29-17(12)24-15(26-29)4-6-27-7-8-28-14(11-27)10-23-18(28)13-2-3-13/h5,9-10,13H,2-4,6-8,11H2,1H3,(H2,21,25). The molecule has 0 spiro atoms. The maximum atomic E-state index is 6.13. The molecule has 0 saturated heterocycles. The molecule has 10 heteroatoms. The van der Waals surface area contributed by atoms with Crippen molar-refractivity contribution in [2.75, 3.05) is 18.8 Å². The zero-order chi connectivity index (χ0) is 20.2. The Hall–Kier alpha value is -3.27. The molecule has 4 aromatic rings. The van der Waals surface area contributed by atoms with E-state index in [-0.39, 0.29) is 5.95 Å². The van der Waals surface area contributed by atoms with E-state index in [0.29, 0.717) is 23.1 Å². The van der Waals surface area contributed by atoms with E-state index in [1.165, 1.54) is 30.6 Å². The zero-order valence-corrected chi connectivity index (χ0v) is 16.8. The number of nitrogen functional groups attached to an aromatic ring is 1. The molecule has 30 heavy (non-hydrogen) atoms. The molecule has 0 bridgehead atoms. The molecule has 0 aromatic carbocycles. The predicted molar refractivity (Wildman–Crippen MR) is 109 cm³/mol. The van der Waals surface area contributed by atoms with Gasteiger partial charge in [0.25, 0.3) is 0 Å². The normalized spacial score (nSPS) is 17.0. The summed E-state index contributed by atoms with van der Waals surface area (Å²) in [5.74, 6) is 3.44. The molecule has 1 fully saturated rings. The molecule has 0 atom stereocenters. The van der Waals surface area contributed by atoms with Crippen LogP contribution >= 0.6 is 0 Å². The lowest BCUT2D eigenvalue weighted by Crippen LogP contribution is -2.35. The van der Waals surface area contributed by atoms with Crippen LogP contribution in [0.3, 0.4) is 0 Å². The summed E-state index contributed by atoms with van der Waals surface area (Å²) in [6.07, 6.45) is 8.47. The maximum Gasteiger partial charge on any atom is 0.245 e. The molecule has 0 unspecified atom stereocenters. The molecule has 5 heterocycles. The number of nitrogens with zero attached hydrogens (tertiary/aromatic N) is 8. The van der Waals surface area contributed by atoms with Crippen LogP contribution in [0.5, 0.6) is 0 Å². The number of rotatable bonds is 5. The molecule has 154 valence electrons. The quantitative estimate of drug-likeness (QED) is 0.534. The highest BCUT2D eigenvalue weighted by atomic mass is 16.3. The van der Waals surface area contributed by atoms with Gasteiger partial charge in [0.2, 0.25) is 11.8 Å². The van der Waals surface area contributed by atoms with Crippen molar-refractivity contribution in [3.05, 3.63) is 41.6 Å². The topological polar surface area (TPSA) is 116 Å². The van der Waals surface area contributed by atoms with Gasteiger partial charge in [0.05, 0.1) is 11.9 Å². The van der Waals surface area contributed by atoms with E-state index in [1.807, 2.05) is 13.1 Å². The van der Waals surface area contributed by atoms with Crippen LogP contribution in [-0.4, -0.2) is 52.1 Å². The third-order valence-electron chi connectivity index (χ3n) is 6.01. The fraction of sp³-hybridized carbons (Fsp3) is 0.450. The highest BCUT2D eigenvalue weighted by molar-refractivity contribution is 5.65. The molecule has 0 radical (unpaired) electrons. The number of aryl methyl sites for hydroxylation is 1. The Bertz CT molecular complexity index is 1220. The zero-order valence-electron chi connectivity index (χ0n) is 16.8. The van der Waals surface area contributed by atoms with E-state index in [1.54, 1.807) is 10.7 Å². The van der Waals surface area contributed by atoms with Crippen LogP contribution in [0.25, 0.3) is 17.2 Å². The Morgan fingerprint density at radius 2 is 2.10 bits per heavy atom. The van der Waals surface area contributed by atoms with Crippen LogP contribution in [0, 0.1) is 6.92 Å². The smallest absolute Gasteiger partial charge is 0.245 e. The number of oxazole rings is 1. The van der Waals surface area contributed by atoms with Crippen LogP contribution in [0.2, 0.25) is 0 Å². The van der Waals surface area contributed by atoms with Crippen molar-refractivity contribution < 1.29 is 4.42 Å². The van der Waals surface area contributed by atoms with Gasteiger partial charge in [-0.1, -0.05) is 0 Å². The van der Waals surface area contributed by atoms with Gasteiger partial charge < -0.3 is 14.7 Å². The van der Waals surface area contributed by atoms with Gasteiger partial charge in [0.15, 0.2) is 11.5 Å². The van der Waals surface area contributed by atoms with Gasteiger partial charge in [-0.05, 0) is 19.8 Å². The minimum absolute atomic E-state index is 0.275. The number of aromatic nitrogens is 7. The van der Waals surface area contributed by atoms with E-state index in [9.17, 15) is 0 Å². The highest BCUT2D eigenvalue weighted by Crippen LogP contribution is 2.40. The lowest BCUT2D eigenvalue weighted by atomic mass is 10.2. The van der Waals surface area contributed by atoms with Gasteiger partial charge in [-0.3, -0.25) is 4.90 Å². The Morgan fingerprint density at radius 3 is 2.90 bits per heavy atom. The summed E-state index contributed by atoms with van der Waals surface area (Å²) >= 11 is 0. The molecular formula is C20H23N9O. The molecule has 0 amide bonds. The summed E-state index contributed by atoms with van der Waals surface area (Å²) in [7, 11) is 0. The summed E-state index contributed by atoms with van der Waals surface area (Å²) in [5.41, 5.74) is 9.58. The number of hydrogen-bond donors (Lipinski definition) is 1. The molecule has 2 aliphatic rings. The van der Waals surface area contributed by atoms with E-state index < -0.39 is 0 Å². The Balaban J connectivity index is 1.20. The minimum Gasteiger partial charge on any atom is -0.443 e. The van der Waals surface area contributed by atoms with Gasteiger partial charge in [0, 0.05) is 50.3 Å². The minimum atomic E-state index is 0.275. The average molecular weight is 405 g/mol. The maximum absolute atomic E-state index is 6.13. The molecule has 1 saturated carbocycles. The predicted octanol–water partition coefficient (Wildman–Crippen LogP) is 1.80. The van der Waals surface area contributed by atoms with Gasteiger partial charge in [-0.2, -0.15) is 4.52 Å². The Kier molecular flexibility index (Phi) is 3.88. The van der Waals surface area contributed by atoms with Crippen molar-refractivity contribution in [3.63, 3.8) is 0 Å². The van der Waals surface area contributed by atoms with E-state index in [4.69, 9.17) is 15.1 Å². The molecule has 4 aromatic heterocycles. The molecule has 10 nitrogen and oxygen atoms in total. The summed E-state index contributed by atoms with van der Waals surface area (Å²) in [4.78, 5) is 20.4. The van der Waals surface area contributed by atoms with Crippen LogP contribution in [0.4, 0.5) is 5.95 Å². The first-order valence-electron chi connectivity index (χ1n) is 10.4. The van der Waals surface area contributed by atoms with Gasteiger partial charge in [-0.25, -0.2) is 19.9 Å².